The minimum absolute atomic E-state index is 0.0196. The van der Waals surface area contributed by atoms with Gasteiger partial charge in [0.2, 0.25) is 0 Å². The number of pyridine rings is 1. The number of aliphatic hydroxyl groups is 2. The molecule has 11 heteroatoms. The fourth-order valence-electron chi connectivity index (χ4n) is 5.46. The zero-order chi connectivity index (χ0) is 28.9. The second-order valence-electron chi connectivity index (χ2n) is 10.3. The minimum atomic E-state index is -1.48. The van der Waals surface area contributed by atoms with Gasteiger partial charge in [-0.25, -0.2) is 13.2 Å². The predicted octanol–water partition coefficient (Wildman–Crippen LogP) is 5.32. The number of hydrogen-bond acceptors (Lipinski definition) is 7. The fraction of sp³-hybridized carbons (Fsp3) is 0.448. The van der Waals surface area contributed by atoms with Gasteiger partial charge in [0.25, 0.3) is 0 Å². The van der Waals surface area contributed by atoms with Gasteiger partial charge in [0.1, 0.15) is 5.75 Å². The highest BCUT2D eigenvalue weighted by molar-refractivity contribution is 7.99. The van der Waals surface area contributed by atoms with E-state index in [-0.39, 0.29) is 13.0 Å². The van der Waals surface area contributed by atoms with Crippen molar-refractivity contribution in [2.45, 2.75) is 49.7 Å². The summed E-state index contributed by atoms with van der Waals surface area (Å²) in [5, 5.41) is 31.6. The molecule has 4 rings (SSSR count). The Bertz CT molecular complexity index is 1320. The molecule has 40 heavy (non-hydrogen) atoms. The van der Waals surface area contributed by atoms with Crippen LogP contribution in [0.5, 0.6) is 5.75 Å². The van der Waals surface area contributed by atoms with Crippen molar-refractivity contribution in [1.29, 1.82) is 0 Å². The Kier molecular flexibility index (Phi) is 9.94. The van der Waals surface area contributed by atoms with Crippen LogP contribution in [0.25, 0.3) is 10.9 Å². The molecule has 1 unspecified atom stereocenters. The van der Waals surface area contributed by atoms with Crippen molar-refractivity contribution in [3.05, 3.63) is 65.1 Å². The van der Waals surface area contributed by atoms with Crippen LogP contribution in [0.15, 0.2) is 41.4 Å². The molecule has 0 aliphatic carbocycles. The Morgan fingerprint density at radius 2 is 1.88 bits per heavy atom. The molecule has 1 fully saturated rings. The number of aromatic nitrogens is 1. The van der Waals surface area contributed by atoms with E-state index >= 15 is 0 Å². The van der Waals surface area contributed by atoms with E-state index in [0.717, 1.165) is 12.1 Å². The monoisotopic (exact) mass is 578 g/mol. The number of rotatable bonds is 12. The highest BCUT2D eigenvalue weighted by Crippen LogP contribution is 2.42. The molecule has 0 radical (unpaired) electrons. The van der Waals surface area contributed by atoms with Gasteiger partial charge in [-0.1, -0.05) is 0 Å². The van der Waals surface area contributed by atoms with Gasteiger partial charge >= 0.3 is 5.97 Å². The Hall–Kier alpha value is -2.86. The number of nitrogens with zero attached hydrogens (tertiary/aromatic N) is 2. The highest BCUT2D eigenvalue weighted by atomic mass is 32.2. The predicted molar refractivity (Wildman–Crippen MR) is 146 cm³/mol. The van der Waals surface area contributed by atoms with Crippen molar-refractivity contribution in [3.8, 4) is 5.75 Å². The van der Waals surface area contributed by atoms with Crippen LogP contribution in [0.3, 0.4) is 0 Å². The molecule has 0 spiro atoms. The van der Waals surface area contributed by atoms with Crippen molar-refractivity contribution >= 4 is 28.6 Å². The number of carboxylic acids is 1. The van der Waals surface area contributed by atoms with E-state index in [1.807, 2.05) is 0 Å². The van der Waals surface area contributed by atoms with Gasteiger partial charge in [-0.3, -0.25) is 9.78 Å². The number of carboxylic acid groups (broad SMARTS) is 1. The fourth-order valence-corrected chi connectivity index (χ4v) is 6.42. The quantitative estimate of drug-likeness (QED) is 0.196. The number of piperidine rings is 1. The van der Waals surface area contributed by atoms with Crippen LogP contribution < -0.4 is 4.74 Å². The SMILES string of the molecule is COc1ccc2ncc(CO)c(C(O)CCC3(CC(=O)O)CCN(CCSc4cc(F)c(F)c(F)c4)CC3)c2c1. The van der Waals surface area contributed by atoms with Crippen LogP contribution in [-0.4, -0.2) is 63.7 Å². The van der Waals surface area contributed by atoms with Crippen molar-refractivity contribution in [2.24, 2.45) is 5.41 Å². The Morgan fingerprint density at radius 1 is 1.18 bits per heavy atom. The molecule has 1 aliphatic rings. The van der Waals surface area contributed by atoms with E-state index in [1.165, 1.54) is 11.8 Å². The van der Waals surface area contributed by atoms with Gasteiger partial charge in [-0.15, -0.1) is 11.8 Å². The first-order valence-electron chi connectivity index (χ1n) is 13.1. The number of halogens is 3. The summed E-state index contributed by atoms with van der Waals surface area (Å²) in [7, 11) is 1.55. The lowest BCUT2D eigenvalue weighted by molar-refractivity contribution is -0.141. The third-order valence-corrected chi connectivity index (χ3v) is 8.68. The number of hydrogen-bond donors (Lipinski definition) is 3. The average molecular weight is 579 g/mol. The minimum Gasteiger partial charge on any atom is -0.497 e. The standard InChI is InChI=1S/C29H33F3N2O5S/c1-39-19-2-3-24-21(12-19)27(18(17-35)16-33-24)25(36)4-5-29(15-26(37)38)6-8-34(9-7-29)10-11-40-20-13-22(30)28(32)23(31)14-20/h2-3,12-14,16,25,35-36H,4-11,15,17H2,1H3,(H,37,38). The summed E-state index contributed by atoms with van der Waals surface area (Å²) in [5.41, 5.74) is 1.23. The lowest BCUT2D eigenvalue weighted by Gasteiger charge is -2.41. The number of likely N-dealkylation sites (tertiary alicyclic amines) is 1. The maximum Gasteiger partial charge on any atom is 0.303 e. The van der Waals surface area contributed by atoms with Crippen LogP contribution in [0.1, 0.15) is 49.3 Å². The second kappa shape index (κ2) is 13.2. The van der Waals surface area contributed by atoms with Crippen molar-refractivity contribution in [2.75, 3.05) is 32.5 Å². The zero-order valence-electron chi connectivity index (χ0n) is 22.2. The summed E-state index contributed by atoms with van der Waals surface area (Å²) < 4.78 is 45.5. The Labute approximate surface area is 235 Å². The molecule has 3 aromatic rings. The second-order valence-corrected chi connectivity index (χ2v) is 11.4. The third-order valence-electron chi connectivity index (χ3n) is 7.73. The first-order valence-corrected chi connectivity index (χ1v) is 14.1. The summed E-state index contributed by atoms with van der Waals surface area (Å²) in [6.07, 6.45) is 2.63. The van der Waals surface area contributed by atoms with E-state index in [1.54, 1.807) is 31.5 Å². The summed E-state index contributed by atoms with van der Waals surface area (Å²) in [6, 6.07) is 7.29. The van der Waals surface area contributed by atoms with Crippen LogP contribution >= 0.6 is 11.8 Å². The smallest absolute Gasteiger partial charge is 0.303 e. The molecule has 2 heterocycles. The molecule has 7 nitrogen and oxygen atoms in total. The average Bonchev–Trinajstić information content (AvgIpc) is 2.94. The van der Waals surface area contributed by atoms with Gasteiger partial charge in [-0.2, -0.15) is 0 Å². The summed E-state index contributed by atoms with van der Waals surface area (Å²) >= 11 is 1.23. The van der Waals surface area contributed by atoms with Crippen LogP contribution in [-0.2, 0) is 11.4 Å². The number of aliphatic hydroxyl groups excluding tert-OH is 2. The molecule has 1 aromatic heterocycles. The molecule has 3 N–H and O–H groups in total. The number of thioether (sulfide) groups is 1. The molecule has 0 saturated carbocycles. The molecule has 2 aromatic carbocycles. The summed E-state index contributed by atoms with van der Waals surface area (Å²) in [6.45, 7) is 1.62. The maximum atomic E-state index is 13.5. The number of methoxy groups -OCH3 is 1. The van der Waals surface area contributed by atoms with Crippen LogP contribution in [0.4, 0.5) is 13.2 Å². The van der Waals surface area contributed by atoms with Crippen LogP contribution in [0, 0.1) is 22.9 Å². The number of aliphatic carboxylic acids is 1. The molecule has 0 bridgehead atoms. The molecular formula is C29H33F3N2O5S. The molecule has 1 atom stereocenters. The largest absolute Gasteiger partial charge is 0.497 e. The van der Waals surface area contributed by atoms with Crippen LogP contribution in [0.2, 0.25) is 0 Å². The lowest BCUT2D eigenvalue weighted by Crippen LogP contribution is -2.42. The third kappa shape index (κ3) is 7.06. The van der Waals surface area contributed by atoms with Gasteiger partial charge < -0.3 is 25.0 Å². The first kappa shape index (κ1) is 30.1. The van der Waals surface area contributed by atoms with Crippen molar-refractivity contribution < 1.29 is 38.0 Å². The number of ether oxygens (including phenoxy) is 1. The molecule has 1 aliphatic heterocycles. The van der Waals surface area contributed by atoms with Crippen molar-refractivity contribution in [3.63, 3.8) is 0 Å². The summed E-state index contributed by atoms with van der Waals surface area (Å²) in [5.74, 6) is -3.67. The van der Waals surface area contributed by atoms with E-state index in [0.29, 0.717) is 83.7 Å². The lowest BCUT2D eigenvalue weighted by atomic mass is 9.71. The van der Waals surface area contributed by atoms with Gasteiger partial charge in [0, 0.05) is 34.3 Å². The van der Waals surface area contributed by atoms with Gasteiger partial charge in [0.15, 0.2) is 17.5 Å². The molecule has 0 amide bonds. The van der Waals surface area contributed by atoms with Gasteiger partial charge in [-0.05, 0) is 80.1 Å². The van der Waals surface area contributed by atoms with E-state index in [9.17, 15) is 33.3 Å². The van der Waals surface area contributed by atoms with E-state index < -0.39 is 34.9 Å². The van der Waals surface area contributed by atoms with Gasteiger partial charge in [0.05, 0.1) is 31.8 Å². The van der Waals surface area contributed by atoms with Crippen molar-refractivity contribution in [1.82, 2.24) is 9.88 Å². The molecular weight excluding hydrogens is 545 g/mol. The topological polar surface area (TPSA) is 103 Å². The molecule has 216 valence electrons. The Balaban J connectivity index is 1.40. The normalized spacial score (nSPS) is 16.2. The highest BCUT2D eigenvalue weighted by Gasteiger charge is 2.37. The Morgan fingerprint density at radius 3 is 2.50 bits per heavy atom. The zero-order valence-corrected chi connectivity index (χ0v) is 23.0. The summed E-state index contributed by atoms with van der Waals surface area (Å²) in [4.78, 5) is 18.7. The first-order chi connectivity index (χ1) is 19.1. The van der Waals surface area contributed by atoms with E-state index in [4.69, 9.17) is 4.74 Å². The number of carbonyl (C=O) groups is 1. The van der Waals surface area contributed by atoms with E-state index in [2.05, 4.69) is 9.88 Å². The number of benzene rings is 2. The maximum absolute atomic E-state index is 13.5. The number of fused-ring (bicyclic) bond motifs is 1. The molecule has 1 saturated heterocycles.